The van der Waals surface area contributed by atoms with Crippen LogP contribution in [-0.2, 0) is 0 Å². The van der Waals surface area contributed by atoms with Gasteiger partial charge in [-0.15, -0.1) is 0 Å². The number of pyridine rings is 1. The van der Waals surface area contributed by atoms with Crippen LogP contribution in [0.3, 0.4) is 0 Å². The van der Waals surface area contributed by atoms with Crippen molar-refractivity contribution in [2.75, 3.05) is 16.8 Å². The Hall–Kier alpha value is -2.60. The third-order valence-electron chi connectivity index (χ3n) is 2.88. The molecule has 0 saturated carbocycles. The predicted octanol–water partition coefficient (Wildman–Crippen LogP) is 3.10. The molecule has 22 heavy (non-hydrogen) atoms. The average Bonchev–Trinajstić information content (AvgIpc) is 2.48. The molecular formula is C15H16ClN5O. The third-order valence-corrected chi connectivity index (χ3v) is 3.12. The van der Waals surface area contributed by atoms with Crippen molar-refractivity contribution in [2.45, 2.75) is 6.42 Å². The fourth-order valence-electron chi connectivity index (χ4n) is 1.85. The Morgan fingerprint density at radius 2 is 2.18 bits per heavy atom. The second kappa shape index (κ2) is 7.42. The summed E-state index contributed by atoms with van der Waals surface area (Å²) in [5.74, 6) is 0.0150. The lowest BCUT2D eigenvalue weighted by molar-refractivity contribution is 0.257. The van der Waals surface area contributed by atoms with Gasteiger partial charge >= 0.3 is 6.03 Å². The molecule has 2 amide bonds. The second-order valence-electron chi connectivity index (χ2n) is 4.58. The first-order valence-electron chi connectivity index (χ1n) is 6.63. The van der Waals surface area contributed by atoms with Crippen LogP contribution >= 0.6 is 11.6 Å². The SMILES string of the molecule is N=C(N)CCN(C(=O)Nc1cccnc1)c1cccc(Cl)c1. The maximum atomic E-state index is 12.5. The lowest BCUT2D eigenvalue weighted by atomic mass is 10.2. The van der Waals surface area contributed by atoms with E-state index < -0.39 is 0 Å². The van der Waals surface area contributed by atoms with E-state index in [1.165, 1.54) is 4.90 Å². The summed E-state index contributed by atoms with van der Waals surface area (Å²) in [6.07, 6.45) is 3.45. The highest BCUT2D eigenvalue weighted by Gasteiger charge is 2.16. The molecule has 0 aliphatic heterocycles. The van der Waals surface area contributed by atoms with Gasteiger partial charge in [0.15, 0.2) is 0 Å². The first-order valence-corrected chi connectivity index (χ1v) is 7.01. The number of amides is 2. The van der Waals surface area contributed by atoms with Crippen molar-refractivity contribution >= 4 is 34.8 Å². The number of nitrogens with zero attached hydrogens (tertiary/aromatic N) is 2. The number of rotatable bonds is 5. The van der Waals surface area contributed by atoms with Crippen LogP contribution in [0.25, 0.3) is 0 Å². The fraction of sp³-hybridized carbons (Fsp3) is 0.133. The van der Waals surface area contributed by atoms with E-state index in [4.69, 9.17) is 22.7 Å². The molecular weight excluding hydrogens is 302 g/mol. The van der Waals surface area contributed by atoms with Crippen LogP contribution in [0.5, 0.6) is 0 Å². The number of aromatic nitrogens is 1. The number of benzene rings is 1. The zero-order chi connectivity index (χ0) is 15.9. The lowest BCUT2D eigenvalue weighted by Crippen LogP contribution is -2.37. The molecule has 0 radical (unpaired) electrons. The van der Waals surface area contributed by atoms with E-state index in [1.807, 2.05) is 0 Å². The van der Waals surface area contributed by atoms with E-state index >= 15 is 0 Å². The van der Waals surface area contributed by atoms with Gasteiger partial charge in [0.1, 0.15) is 0 Å². The van der Waals surface area contributed by atoms with Gasteiger partial charge < -0.3 is 11.1 Å². The maximum Gasteiger partial charge on any atom is 0.326 e. The summed E-state index contributed by atoms with van der Waals surface area (Å²) in [5.41, 5.74) is 6.61. The van der Waals surface area contributed by atoms with Gasteiger partial charge in [-0.1, -0.05) is 17.7 Å². The lowest BCUT2D eigenvalue weighted by Gasteiger charge is -2.23. The largest absolute Gasteiger partial charge is 0.388 e. The Labute approximate surface area is 133 Å². The van der Waals surface area contributed by atoms with Crippen molar-refractivity contribution in [3.63, 3.8) is 0 Å². The van der Waals surface area contributed by atoms with Crippen LogP contribution in [0.15, 0.2) is 48.8 Å². The first kappa shape index (κ1) is 15.8. The zero-order valence-corrected chi connectivity index (χ0v) is 12.5. The van der Waals surface area contributed by atoms with Gasteiger partial charge in [0.05, 0.1) is 17.7 Å². The number of carbonyl (C=O) groups is 1. The van der Waals surface area contributed by atoms with Crippen LogP contribution in [0.1, 0.15) is 6.42 Å². The molecule has 1 heterocycles. The summed E-state index contributed by atoms with van der Waals surface area (Å²) in [7, 11) is 0. The average molecular weight is 318 g/mol. The van der Waals surface area contributed by atoms with Gasteiger partial charge in [0.2, 0.25) is 0 Å². The van der Waals surface area contributed by atoms with Crippen molar-refractivity contribution in [1.82, 2.24) is 4.98 Å². The van der Waals surface area contributed by atoms with Crippen LogP contribution in [0, 0.1) is 5.41 Å². The molecule has 0 fully saturated rings. The molecule has 2 rings (SSSR count). The topological polar surface area (TPSA) is 95.1 Å². The van der Waals surface area contributed by atoms with Gasteiger partial charge in [0, 0.05) is 29.9 Å². The highest BCUT2D eigenvalue weighted by molar-refractivity contribution is 6.31. The summed E-state index contributed by atoms with van der Waals surface area (Å²) in [4.78, 5) is 17.9. The van der Waals surface area contributed by atoms with E-state index in [-0.39, 0.29) is 24.8 Å². The zero-order valence-electron chi connectivity index (χ0n) is 11.8. The maximum absolute atomic E-state index is 12.5. The summed E-state index contributed by atoms with van der Waals surface area (Å²) in [6, 6.07) is 10.1. The minimum Gasteiger partial charge on any atom is -0.388 e. The molecule has 0 spiro atoms. The van der Waals surface area contributed by atoms with Crippen molar-refractivity contribution in [1.29, 1.82) is 5.41 Å². The molecule has 4 N–H and O–H groups in total. The summed E-state index contributed by atoms with van der Waals surface area (Å²) in [5, 5.41) is 10.6. The summed E-state index contributed by atoms with van der Waals surface area (Å²) in [6.45, 7) is 0.280. The Morgan fingerprint density at radius 3 is 2.82 bits per heavy atom. The van der Waals surface area contributed by atoms with Crippen LogP contribution < -0.4 is 16.0 Å². The van der Waals surface area contributed by atoms with Gasteiger partial charge in [-0.2, -0.15) is 0 Å². The van der Waals surface area contributed by atoms with E-state index in [2.05, 4.69) is 10.3 Å². The van der Waals surface area contributed by atoms with Crippen molar-refractivity contribution in [3.05, 3.63) is 53.8 Å². The molecule has 0 atom stereocenters. The highest BCUT2D eigenvalue weighted by Crippen LogP contribution is 2.21. The smallest absolute Gasteiger partial charge is 0.326 e. The number of halogens is 1. The summed E-state index contributed by atoms with van der Waals surface area (Å²) < 4.78 is 0. The van der Waals surface area contributed by atoms with Gasteiger partial charge in [-0.05, 0) is 30.3 Å². The van der Waals surface area contributed by atoms with E-state index in [0.717, 1.165) is 0 Å². The van der Waals surface area contributed by atoms with E-state index in [9.17, 15) is 4.79 Å². The number of carbonyl (C=O) groups excluding carboxylic acids is 1. The normalized spacial score (nSPS) is 10.0. The van der Waals surface area contributed by atoms with Crippen molar-refractivity contribution in [3.8, 4) is 0 Å². The van der Waals surface area contributed by atoms with Gasteiger partial charge in [0.25, 0.3) is 0 Å². The standard InChI is InChI=1S/C15H16ClN5O/c16-11-3-1-5-13(9-11)21(8-6-14(17)18)15(22)20-12-4-2-7-19-10-12/h1-5,7,9-10H,6,8H2,(H3,17,18)(H,20,22). The molecule has 1 aromatic heterocycles. The summed E-state index contributed by atoms with van der Waals surface area (Å²) >= 11 is 5.98. The number of amidine groups is 1. The highest BCUT2D eigenvalue weighted by atomic mass is 35.5. The number of hydrogen-bond acceptors (Lipinski definition) is 3. The molecule has 2 aromatic rings. The molecule has 0 unspecified atom stereocenters. The van der Waals surface area contributed by atoms with Crippen LogP contribution in [0.4, 0.5) is 16.2 Å². The molecule has 0 saturated heterocycles. The van der Waals surface area contributed by atoms with Crippen molar-refractivity contribution in [2.24, 2.45) is 5.73 Å². The third kappa shape index (κ3) is 4.46. The Balaban J connectivity index is 2.19. The van der Waals surface area contributed by atoms with Crippen molar-refractivity contribution < 1.29 is 4.79 Å². The number of hydrogen-bond donors (Lipinski definition) is 3. The first-order chi connectivity index (χ1) is 10.6. The Bertz CT molecular complexity index is 662. The number of nitrogens with two attached hydrogens (primary N) is 1. The molecule has 0 aliphatic carbocycles. The van der Waals surface area contributed by atoms with Crippen LogP contribution in [-0.4, -0.2) is 23.4 Å². The quantitative estimate of drug-likeness (QED) is 0.584. The predicted molar refractivity (Wildman–Crippen MR) is 88.6 cm³/mol. The van der Waals surface area contributed by atoms with Gasteiger partial charge in [-0.3, -0.25) is 15.3 Å². The molecule has 7 heteroatoms. The molecule has 114 valence electrons. The Kier molecular flexibility index (Phi) is 5.32. The second-order valence-corrected chi connectivity index (χ2v) is 5.02. The molecule has 1 aromatic carbocycles. The number of urea groups is 1. The van der Waals surface area contributed by atoms with Gasteiger partial charge in [-0.25, -0.2) is 4.79 Å². The van der Waals surface area contributed by atoms with E-state index in [0.29, 0.717) is 16.4 Å². The number of nitrogens with one attached hydrogen (secondary N) is 2. The molecule has 6 nitrogen and oxygen atoms in total. The molecule has 0 bridgehead atoms. The minimum absolute atomic E-state index is 0.0150. The molecule has 0 aliphatic rings. The fourth-order valence-corrected chi connectivity index (χ4v) is 2.04. The minimum atomic E-state index is -0.337. The number of anilines is 2. The Morgan fingerprint density at radius 1 is 1.36 bits per heavy atom. The van der Waals surface area contributed by atoms with E-state index in [1.54, 1.807) is 48.8 Å². The van der Waals surface area contributed by atoms with Crippen LogP contribution in [0.2, 0.25) is 5.02 Å². The monoisotopic (exact) mass is 317 g/mol.